The van der Waals surface area contributed by atoms with Crippen LogP contribution in [0.25, 0.3) is 0 Å². The standard InChI is InChI=1S/C14H19N5O9S2/c1-13(2)8(10(21)19(13)28-30(24,25)26)17-9(20)7(6-5-29-12(15)16-6)18-27-14(3,4)11(22)23/h5,8H,1-4H3,(H2,15,16)(H,17,20)(H,22,23)(H,24,25,26)/t8-/m1/s1. The van der Waals surface area contributed by atoms with E-state index < -0.39 is 51.1 Å². The zero-order valence-electron chi connectivity index (χ0n) is 16.1. The van der Waals surface area contributed by atoms with Gasteiger partial charge in [-0.1, -0.05) is 5.16 Å². The van der Waals surface area contributed by atoms with Crippen LogP contribution in [0.2, 0.25) is 0 Å². The Morgan fingerprint density at radius 1 is 1.43 bits per heavy atom. The first-order valence-corrected chi connectivity index (χ1v) is 10.3. The van der Waals surface area contributed by atoms with E-state index in [9.17, 15) is 22.8 Å². The maximum Gasteiger partial charge on any atom is 0.418 e. The van der Waals surface area contributed by atoms with Crippen molar-refractivity contribution in [3.63, 3.8) is 0 Å². The van der Waals surface area contributed by atoms with Crippen molar-refractivity contribution in [2.24, 2.45) is 5.16 Å². The van der Waals surface area contributed by atoms with Crippen LogP contribution in [-0.2, 0) is 33.9 Å². The molecule has 0 spiro atoms. The van der Waals surface area contributed by atoms with Gasteiger partial charge in [-0.15, -0.1) is 15.6 Å². The predicted octanol–water partition coefficient (Wildman–Crippen LogP) is -0.851. The molecule has 1 aromatic rings. The van der Waals surface area contributed by atoms with E-state index in [1.165, 1.54) is 33.1 Å². The molecule has 2 rings (SSSR count). The lowest BCUT2D eigenvalue weighted by molar-refractivity contribution is -0.218. The number of amides is 2. The fourth-order valence-electron chi connectivity index (χ4n) is 2.22. The summed E-state index contributed by atoms with van der Waals surface area (Å²) in [5, 5.41) is 16.9. The van der Waals surface area contributed by atoms with Gasteiger partial charge < -0.3 is 21.0 Å². The summed E-state index contributed by atoms with van der Waals surface area (Å²) in [6.45, 7) is 5.14. The molecular weight excluding hydrogens is 446 g/mol. The summed E-state index contributed by atoms with van der Waals surface area (Å²) in [6, 6.07) is -1.26. The number of nitrogens with zero attached hydrogens (tertiary/aromatic N) is 3. The summed E-state index contributed by atoms with van der Waals surface area (Å²) in [6.07, 6.45) is 0. The number of nitrogen functional groups attached to an aromatic ring is 1. The number of aromatic nitrogens is 1. The Labute approximate surface area is 174 Å². The molecule has 1 saturated heterocycles. The molecule has 166 valence electrons. The molecule has 14 nitrogen and oxygen atoms in total. The summed E-state index contributed by atoms with van der Waals surface area (Å²) in [4.78, 5) is 45.0. The highest BCUT2D eigenvalue weighted by molar-refractivity contribution is 7.80. The lowest BCUT2D eigenvalue weighted by atomic mass is 9.84. The quantitative estimate of drug-likeness (QED) is 0.161. The van der Waals surface area contributed by atoms with Crippen molar-refractivity contribution in [2.45, 2.75) is 44.9 Å². The fraction of sp³-hybridized carbons (Fsp3) is 0.500. The van der Waals surface area contributed by atoms with E-state index in [1.54, 1.807) is 0 Å². The van der Waals surface area contributed by atoms with Crippen LogP contribution in [0.5, 0.6) is 0 Å². The summed E-state index contributed by atoms with van der Waals surface area (Å²) >= 11 is 0.980. The summed E-state index contributed by atoms with van der Waals surface area (Å²) < 4.78 is 34.7. The minimum absolute atomic E-state index is 0.0354. The van der Waals surface area contributed by atoms with E-state index in [-0.39, 0.29) is 10.8 Å². The molecule has 0 aromatic carbocycles. The predicted molar refractivity (Wildman–Crippen MR) is 101 cm³/mol. The molecule has 0 unspecified atom stereocenters. The number of oxime groups is 1. The van der Waals surface area contributed by atoms with Gasteiger partial charge in [-0.25, -0.2) is 9.78 Å². The van der Waals surface area contributed by atoms with Crippen molar-refractivity contribution in [3.05, 3.63) is 11.1 Å². The topological polar surface area (TPSA) is 211 Å². The average Bonchev–Trinajstić information content (AvgIpc) is 3.02. The fourth-order valence-corrected chi connectivity index (χ4v) is 3.22. The number of nitrogens with two attached hydrogens (primary N) is 1. The Hall–Kier alpha value is -2.82. The van der Waals surface area contributed by atoms with Crippen molar-refractivity contribution in [1.82, 2.24) is 15.4 Å². The van der Waals surface area contributed by atoms with Crippen molar-refractivity contribution < 1.29 is 41.6 Å². The molecule has 1 aliphatic heterocycles. The highest BCUT2D eigenvalue weighted by Gasteiger charge is 2.58. The second-order valence-electron chi connectivity index (χ2n) is 7.11. The van der Waals surface area contributed by atoms with E-state index in [4.69, 9.17) is 20.2 Å². The van der Waals surface area contributed by atoms with E-state index in [0.29, 0.717) is 5.06 Å². The summed E-state index contributed by atoms with van der Waals surface area (Å²) in [5.41, 5.74) is 1.91. The number of carbonyl (C=O) groups is 3. The van der Waals surface area contributed by atoms with Gasteiger partial charge in [0.2, 0.25) is 5.60 Å². The molecule has 2 amide bonds. The van der Waals surface area contributed by atoms with Crippen LogP contribution in [0, 0.1) is 0 Å². The lowest BCUT2D eigenvalue weighted by Crippen LogP contribution is -2.76. The van der Waals surface area contributed by atoms with E-state index in [0.717, 1.165) is 11.3 Å². The molecule has 1 aromatic heterocycles. The molecule has 1 aliphatic rings. The van der Waals surface area contributed by atoms with Crippen molar-refractivity contribution in [2.75, 3.05) is 5.73 Å². The zero-order valence-corrected chi connectivity index (χ0v) is 17.8. The second kappa shape index (κ2) is 7.78. The minimum Gasteiger partial charge on any atom is -0.478 e. The van der Waals surface area contributed by atoms with Gasteiger partial charge in [0.1, 0.15) is 11.7 Å². The Balaban J connectivity index is 2.27. The average molecular weight is 465 g/mol. The van der Waals surface area contributed by atoms with Crippen molar-refractivity contribution >= 4 is 50.4 Å². The Morgan fingerprint density at radius 2 is 2.03 bits per heavy atom. The molecule has 0 bridgehead atoms. The van der Waals surface area contributed by atoms with Gasteiger partial charge in [-0.3, -0.25) is 14.1 Å². The highest BCUT2D eigenvalue weighted by Crippen LogP contribution is 2.33. The Bertz CT molecular complexity index is 1010. The maximum atomic E-state index is 12.7. The summed E-state index contributed by atoms with van der Waals surface area (Å²) in [7, 11) is -4.96. The van der Waals surface area contributed by atoms with Gasteiger partial charge >= 0.3 is 16.4 Å². The second-order valence-corrected chi connectivity index (χ2v) is 9.01. The number of aliphatic carboxylic acids is 1. The molecule has 2 heterocycles. The number of β-lactam (4-membered cyclic amide) rings is 1. The molecule has 0 saturated carbocycles. The van der Waals surface area contributed by atoms with Crippen LogP contribution in [0.4, 0.5) is 5.13 Å². The third-order valence-corrected chi connectivity index (χ3v) is 4.99. The van der Waals surface area contributed by atoms with Gasteiger partial charge in [0.25, 0.3) is 11.8 Å². The number of hydrogen-bond acceptors (Lipinski definition) is 11. The van der Waals surface area contributed by atoms with Crippen LogP contribution in [0.1, 0.15) is 33.4 Å². The van der Waals surface area contributed by atoms with Crippen LogP contribution in [0.3, 0.4) is 0 Å². The first kappa shape index (κ1) is 23.5. The van der Waals surface area contributed by atoms with Crippen molar-refractivity contribution in [3.8, 4) is 0 Å². The van der Waals surface area contributed by atoms with Gasteiger partial charge in [0, 0.05) is 5.38 Å². The molecule has 5 N–H and O–H groups in total. The molecule has 1 atom stereocenters. The smallest absolute Gasteiger partial charge is 0.418 e. The zero-order chi connectivity index (χ0) is 23.1. The first-order chi connectivity index (χ1) is 13.6. The number of anilines is 1. The van der Waals surface area contributed by atoms with Gasteiger partial charge in [0.15, 0.2) is 10.8 Å². The van der Waals surface area contributed by atoms with E-state index >= 15 is 0 Å². The van der Waals surface area contributed by atoms with Crippen LogP contribution in [0.15, 0.2) is 10.5 Å². The van der Waals surface area contributed by atoms with Crippen LogP contribution in [-0.4, -0.2) is 68.8 Å². The monoisotopic (exact) mass is 465 g/mol. The molecule has 1 fully saturated rings. The number of carbonyl (C=O) groups excluding carboxylic acids is 2. The SMILES string of the molecule is CC(C)(ON=C(C(=O)N[C@@H]1C(=O)N(OS(=O)(=O)O)C1(C)C)c1csc(N)n1)C(=O)O. The maximum absolute atomic E-state index is 12.7. The lowest BCUT2D eigenvalue weighted by Gasteiger charge is -2.50. The number of nitrogens with one attached hydrogen (secondary N) is 1. The van der Waals surface area contributed by atoms with E-state index in [2.05, 4.69) is 19.7 Å². The van der Waals surface area contributed by atoms with Crippen molar-refractivity contribution in [1.29, 1.82) is 0 Å². The highest BCUT2D eigenvalue weighted by atomic mass is 32.3. The van der Waals surface area contributed by atoms with Gasteiger partial charge in [0.05, 0.1) is 5.54 Å². The molecule has 30 heavy (non-hydrogen) atoms. The molecule has 0 aliphatic carbocycles. The Morgan fingerprint density at radius 3 is 2.47 bits per heavy atom. The summed E-state index contributed by atoms with van der Waals surface area (Å²) in [5.74, 6) is -3.29. The molecule has 0 radical (unpaired) electrons. The number of thiazole rings is 1. The normalized spacial score (nSPS) is 19.2. The number of carboxylic acids is 1. The van der Waals surface area contributed by atoms with Gasteiger partial charge in [-0.05, 0) is 27.7 Å². The Kier molecular flexibility index (Phi) is 6.09. The number of hydrogen-bond donors (Lipinski definition) is 4. The number of carboxylic acid groups (broad SMARTS) is 1. The van der Waals surface area contributed by atoms with Crippen LogP contribution < -0.4 is 11.1 Å². The third-order valence-electron chi connectivity index (χ3n) is 3.98. The first-order valence-electron chi connectivity index (χ1n) is 8.09. The molecule has 16 heteroatoms. The van der Waals surface area contributed by atoms with E-state index in [1.807, 2.05) is 0 Å². The third kappa shape index (κ3) is 4.84. The largest absolute Gasteiger partial charge is 0.478 e. The number of rotatable bonds is 8. The number of hydroxylamine groups is 2. The van der Waals surface area contributed by atoms with Gasteiger partial charge in [-0.2, -0.15) is 13.5 Å². The minimum atomic E-state index is -4.96. The van der Waals surface area contributed by atoms with Crippen LogP contribution >= 0.6 is 11.3 Å². The molecular formula is C14H19N5O9S2.